The van der Waals surface area contributed by atoms with E-state index >= 15 is 0 Å². The third kappa shape index (κ3) is 5.58. The summed E-state index contributed by atoms with van der Waals surface area (Å²) in [5, 5.41) is 0. The molecule has 0 radical (unpaired) electrons. The number of benzene rings is 4. The summed E-state index contributed by atoms with van der Waals surface area (Å²) in [6, 6.07) is 34.8. The van der Waals surface area contributed by atoms with E-state index in [9.17, 15) is 0 Å². The minimum absolute atomic E-state index is 0.0300. The van der Waals surface area contributed by atoms with E-state index in [-0.39, 0.29) is 22.7 Å². The number of rotatable bonds is 7. The van der Waals surface area contributed by atoms with Gasteiger partial charge >= 0.3 is 0 Å². The third-order valence-corrected chi connectivity index (χ3v) is 9.64. The van der Waals surface area contributed by atoms with Gasteiger partial charge in [0, 0.05) is 11.8 Å². The summed E-state index contributed by atoms with van der Waals surface area (Å²) < 4.78 is 0. The van der Waals surface area contributed by atoms with Crippen molar-refractivity contribution in [1.82, 2.24) is 0 Å². The van der Waals surface area contributed by atoms with Crippen LogP contribution < -0.4 is 0 Å². The highest BCUT2D eigenvalue weighted by molar-refractivity contribution is 5.89. The van der Waals surface area contributed by atoms with Crippen LogP contribution in [0.2, 0.25) is 0 Å². The molecule has 0 aliphatic heterocycles. The molecule has 4 aromatic carbocycles. The fourth-order valence-corrected chi connectivity index (χ4v) is 7.39. The lowest BCUT2D eigenvalue weighted by atomic mass is 9.71. The van der Waals surface area contributed by atoms with Crippen molar-refractivity contribution in [2.75, 3.05) is 0 Å². The fraction of sp³-hybridized carbons (Fsp3) is 0.349. The summed E-state index contributed by atoms with van der Waals surface area (Å²) in [6.07, 6.45) is 9.73. The molecule has 0 spiro atoms. The maximum absolute atomic E-state index is 2.55. The van der Waals surface area contributed by atoms with Gasteiger partial charge in [0.25, 0.3) is 0 Å². The minimum atomic E-state index is 0.0300. The van der Waals surface area contributed by atoms with E-state index < -0.39 is 0 Å². The molecule has 0 heteroatoms. The van der Waals surface area contributed by atoms with Crippen LogP contribution in [0.5, 0.6) is 0 Å². The molecular formula is C43H48. The van der Waals surface area contributed by atoms with Crippen molar-refractivity contribution in [1.29, 1.82) is 0 Å². The number of hydrogen-bond acceptors (Lipinski definition) is 0. The largest absolute Gasteiger partial charge is 0.0769 e. The molecule has 43 heavy (non-hydrogen) atoms. The van der Waals surface area contributed by atoms with Crippen molar-refractivity contribution in [2.24, 2.45) is 0 Å². The third-order valence-electron chi connectivity index (χ3n) is 9.64. The van der Waals surface area contributed by atoms with Gasteiger partial charge in [-0.25, -0.2) is 0 Å². The van der Waals surface area contributed by atoms with Gasteiger partial charge in [-0.15, -0.1) is 0 Å². The quantitative estimate of drug-likeness (QED) is 0.209. The first-order valence-electron chi connectivity index (χ1n) is 16.4. The Hall–Kier alpha value is -3.64. The Morgan fingerprint density at radius 2 is 1.35 bits per heavy atom. The predicted molar refractivity (Wildman–Crippen MR) is 186 cm³/mol. The van der Waals surface area contributed by atoms with Crippen LogP contribution in [0.4, 0.5) is 0 Å². The van der Waals surface area contributed by atoms with Crippen LogP contribution in [0.15, 0.2) is 109 Å². The maximum Gasteiger partial charge on any atom is 0.0217 e. The summed E-state index contributed by atoms with van der Waals surface area (Å²) in [4.78, 5) is 0. The average Bonchev–Trinajstić information content (AvgIpc) is 3.59. The molecule has 0 fully saturated rings. The molecule has 220 valence electrons. The van der Waals surface area contributed by atoms with Gasteiger partial charge in [0.05, 0.1) is 0 Å². The summed E-state index contributed by atoms with van der Waals surface area (Å²) in [5.74, 6) is 0.427. The second kappa shape index (κ2) is 11.5. The summed E-state index contributed by atoms with van der Waals surface area (Å²) in [5.41, 5.74) is 16.1. The average molecular weight is 565 g/mol. The van der Waals surface area contributed by atoms with Crippen LogP contribution in [0, 0.1) is 0 Å². The van der Waals surface area contributed by atoms with Gasteiger partial charge in [0.2, 0.25) is 0 Å². The van der Waals surface area contributed by atoms with Crippen LogP contribution >= 0.6 is 0 Å². The van der Waals surface area contributed by atoms with E-state index in [1.54, 1.807) is 0 Å². The van der Waals surface area contributed by atoms with Crippen LogP contribution in [0.3, 0.4) is 0 Å². The molecule has 0 saturated carbocycles. The van der Waals surface area contributed by atoms with Gasteiger partial charge in [-0.1, -0.05) is 164 Å². The molecule has 0 N–H and O–H groups in total. The van der Waals surface area contributed by atoms with Crippen molar-refractivity contribution < 1.29 is 0 Å². The van der Waals surface area contributed by atoms with E-state index in [0.29, 0.717) is 0 Å². The zero-order valence-electron chi connectivity index (χ0n) is 27.3. The van der Waals surface area contributed by atoms with Crippen molar-refractivity contribution in [3.05, 3.63) is 148 Å². The zero-order chi connectivity index (χ0) is 30.4. The first kappa shape index (κ1) is 29.4. The van der Waals surface area contributed by atoms with Gasteiger partial charge in [0.15, 0.2) is 0 Å². The Labute approximate surface area is 260 Å². The van der Waals surface area contributed by atoms with Crippen molar-refractivity contribution in [2.45, 2.75) is 96.8 Å². The van der Waals surface area contributed by atoms with E-state index in [4.69, 9.17) is 0 Å². The van der Waals surface area contributed by atoms with Crippen LogP contribution in [0.1, 0.15) is 125 Å². The van der Waals surface area contributed by atoms with E-state index in [1.165, 1.54) is 80.5 Å². The van der Waals surface area contributed by atoms with Crippen molar-refractivity contribution >= 4 is 5.57 Å². The SMILES string of the molecule is CCCCC1=CCC(c2c(C(C)(C)C)ccc3c2C(C(c2ccccc2)c2ccccc2)c2cc(C(C)(C)C)ccc2-3)=C1. The predicted octanol–water partition coefficient (Wildman–Crippen LogP) is 12.1. The standard InChI is InChI=1S/C43H48/c1-8-9-16-29-21-22-32(27-29)39-37(43(5,6)7)26-25-35-34-24-23-33(42(2,3)4)28-36(34)41(40(35)39)38(30-17-12-10-13-18-30)31-19-14-11-15-20-31/h10-15,17-21,23-28,38,41H,8-9,16,22H2,1-7H3. The minimum Gasteiger partial charge on any atom is -0.0769 e. The number of unbranched alkanes of at least 4 members (excludes halogenated alkanes) is 1. The molecule has 0 amide bonds. The number of hydrogen-bond donors (Lipinski definition) is 0. The van der Waals surface area contributed by atoms with Gasteiger partial charge in [-0.2, -0.15) is 0 Å². The molecule has 1 atom stereocenters. The highest BCUT2D eigenvalue weighted by Gasteiger charge is 2.41. The zero-order valence-corrected chi connectivity index (χ0v) is 27.3. The number of fused-ring (bicyclic) bond motifs is 3. The monoisotopic (exact) mass is 564 g/mol. The Morgan fingerprint density at radius 1 is 0.721 bits per heavy atom. The Kier molecular flexibility index (Phi) is 7.84. The molecule has 1 unspecified atom stereocenters. The second-order valence-electron chi connectivity index (χ2n) is 14.8. The second-order valence-corrected chi connectivity index (χ2v) is 14.8. The fourth-order valence-electron chi connectivity index (χ4n) is 7.39. The van der Waals surface area contributed by atoms with E-state index in [0.717, 1.165) is 6.42 Å². The molecule has 2 aliphatic carbocycles. The highest BCUT2D eigenvalue weighted by atomic mass is 14.4. The lowest BCUT2D eigenvalue weighted by Gasteiger charge is -2.32. The molecule has 4 aromatic rings. The number of allylic oxidation sites excluding steroid dienone is 4. The van der Waals surface area contributed by atoms with Gasteiger partial charge in [-0.05, 0) is 85.7 Å². The van der Waals surface area contributed by atoms with Crippen LogP contribution in [0.25, 0.3) is 16.7 Å². The lowest BCUT2D eigenvalue weighted by molar-refractivity contribution is 0.584. The summed E-state index contributed by atoms with van der Waals surface area (Å²) in [6.45, 7) is 16.5. The van der Waals surface area contributed by atoms with E-state index in [1.807, 2.05) is 0 Å². The molecule has 2 aliphatic rings. The lowest BCUT2D eigenvalue weighted by Crippen LogP contribution is -2.19. The molecule has 0 heterocycles. The first-order valence-corrected chi connectivity index (χ1v) is 16.4. The van der Waals surface area contributed by atoms with E-state index in [2.05, 4.69) is 152 Å². The Morgan fingerprint density at radius 3 is 1.93 bits per heavy atom. The maximum atomic E-state index is 2.55. The van der Waals surface area contributed by atoms with Crippen molar-refractivity contribution in [3.63, 3.8) is 0 Å². The summed E-state index contributed by atoms with van der Waals surface area (Å²) >= 11 is 0. The Balaban J connectivity index is 1.68. The van der Waals surface area contributed by atoms with Crippen molar-refractivity contribution in [3.8, 4) is 11.1 Å². The van der Waals surface area contributed by atoms with Gasteiger partial charge in [-0.3, -0.25) is 0 Å². The topological polar surface area (TPSA) is 0 Å². The molecular weight excluding hydrogens is 516 g/mol. The highest BCUT2D eigenvalue weighted by Crippen LogP contribution is 2.57. The first-order chi connectivity index (χ1) is 20.6. The summed E-state index contributed by atoms with van der Waals surface area (Å²) in [7, 11) is 0. The normalized spacial score (nSPS) is 16.2. The van der Waals surface area contributed by atoms with Crippen LogP contribution in [-0.4, -0.2) is 0 Å². The smallest absolute Gasteiger partial charge is 0.0217 e. The molecule has 6 rings (SSSR count). The molecule has 0 nitrogen and oxygen atoms in total. The molecule has 0 saturated heterocycles. The molecule has 0 bridgehead atoms. The van der Waals surface area contributed by atoms with Gasteiger partial charge in [0.1, 0.15) is 0 Å². The van der Waals surface area contributed by atoms with Gasteiger partial charge < -0.3 is 0 Å². The Bertz CT molecular complexity index is 1630. The van der Waals surface area contributed by atoms with Crippen LogP contribution in [-0.2, 0) is 10.8 Å². The molecule has 0 aromatic heterocycles.